The van der Waals surface area contributed by atoms with Crippen LogP contribution in [-0.2, 0) is 0 Å². The van der Waals surface area contributed by atoms with Crippen molar-refractivity contribution in [1.82, 2.24) is 10.3 Å². The molecule has 112 valence electrons. The van der Waals surface area contributed by atoms with E-state index < -0.39 is 0 Å². The molecule has 0 bridgehead atoms. The van der Waals surface area contributed by atoms with E-state index in [2.05, 4.69) is 48.4 Å². The maximum Gasteiger partial charge on any atom is 0.119 e. The second-order valence-corrected chi connectivity index (χ2v) is 5.34. The van der Waals surface area contributed by atoms with Gasteiger partial charge in [0.05, 0.1) is 13.2 Å². The highest BCUT2D eigenvalue weighted by atomic mass is 16.5. The van der Waals surface area contributed by atoms with Gasteiger partial charge in [-0.25, -0.2) is 0 Å². The van der Waals surface area contributed by atoms with Gasteiger partial charge in [-0.2, -0.15) is 0 Å². The van der Waals surface area contributed by atoms with Gasteiger partial charge in [-0.1, -0.05) is 19.1 Å². The zero-order valence-electron chi connectivity index (χ0n) is 13.3. The number of hydrogen-bond donors (Lipinski definition) is 1. The molecule has 1 unspecified atom stereocenters. The molecular formula is C18H24N2O. The predicted molar refractivity (Wildman–Crippen MR) is 86.8 cm³/mol. The van der Waals surface area contributed by atoms with E-state index in [0.29, 0.717) is 0 Å². The molecule has 0 fully saturated rings. The lowest BCUT2D eigenvalue weighted by atomic mass is 9.95. The fourth-order valence-corrected chi connectivity index (χ4v) is 2.45. The molecule has 0 radical (unpaired) electrons. The van der Waals surface area contributed by atoms with Crippen molar-refractivity contribution in [3.05, 3.63) is 58.9 Å². The molecule has 0 amide bonds. The van der Waals surface area contributed by atoms with E-state index in [1.165, 1.54) is 16.7 Å². The number of aromatic nitrogens is 1. The van der Waals surface area contributed by atoms with Crippen molar-refractivity contribution in [2.45, 2.75) is 33.2 Å². The average Bonchev–Trinajstić information content (AvgIpc) is 2.50. The van der Waals surface area contributed by atoms with E-state index >= 15 is 0 Å². The summed E-state index contributed by atoms with van der Waals surface area (Å²) >= 11 is 0. The molecule has 0 aliphatic rings. The maximum absolute atomic E-state index is 5.30. The fourth-order valence-electron chi connectivity index (χ4n) is 2.45. The molecule has 3 heteroatoms. The van der Waals surface area contributed by atoms with Gasteiger partial charge in [0.25, 0.3) is 0 Å². The average molecular weight is 284 g/mol. The summed E-state index contributed by atoms with van der Waals surface area (Å²) in [6, 6.07) is 10.6. The SMILES string of the molecule is CCCNC(c1ccc(C)nc1)c1ccc(OC)cc1C. The van der Waals surface area contributed by atoms with Gasteiger partial charge >= 0.3 is 0 Å². The molecule has 3 nitrogen and oxygen atoms in total. The number of nitrogens with one attached hydrogen (secondary N) is 1. The zero-order chi connectivity index (χ0) is 15.2. The third-order valence-corrected chi connectivity index (χ3v) is 3.65. The summed E-state index contributed by atoms with van der Waals surface area (Å²) in [5, 5.41) is 3.62. The third kappa shape index (κ3) is 3.82. The fraction of sp³-hybridized carbons (Fsp3) is 0.389. The first-order chi connectivity index (χ1) is 10.2. The molecule has 0 spiro atoms. The minimum Gasteiger partial charge on any atom is -0.497 e. The number of rotatable bonds is 6. The van der Waals surface area contributed by atoms with Crippen LogP contribution in [-0.4, -0.2) is 18.6 Å². The van der Waals surface area contributed by atoms with Crippen molar-refractivity contribution in [3.8, 4) is 5.75 Å². The lowest BCUT2D eigenvalue weighted by molar-refractivity contribution is 0.414. The van der Waals surface area contributed by atoms with Gasteiger partial charge in [0.2, 0.25) is 0 Å². The number of aryl methyl sites for hydroxylation is 2. The molecule has 1 N–H and O–H groups in total. The summed E-state index contributed by atoms with van der Waals surface area (Å²) in [5.74, 6) is 0.896. The normalized spacial score (nSPS) is 12.2. The van der Waals surface area contributed by atoms with Crippen molar-refractivity contribution in [2.75, 3.05) is 13.7 Å². The van der Waals surface area contributed by atoms with Gasteiger partial charge in [-0.15, -0.1) is 0 Å². The number of methoxy groups -OCH3 is 1. The second-order valence-electron chi connectivity index (χ2n) is 5.34. The van der Waals surface area contributed by atoms with Gasteiger partial charge in [-0.3, -0.25) is 4.98 Å². The lowest BCUT2D eigenvalue weighted by Gasteiger charge is -2.21. The van der Waals surface area contributed by atoms with Crippen LogP contribution in [0.3, 0.4) is 0 Å². The van der Waals surface area contributed by atoms with Crippen molar-refractivity contribution in [1.29, 1.82) is 0 Å². The molecular weight excluding hydrogens is 260 g/mol. The summed E-state index contributed by atoms with van der Waals surface area (Å²) in [7, 11) is 1.70. The van der Waals surface area contributed by atoms with Crippen LogP contribution in [0, 0.1) is 13.8 Å². The third-order valence-electron chi connectivity index (χ3n) is 3.65. The Labute approximate surface area is 127 Å². The molecule has 21 heavy (non-hydrogen) atoms. The van der Waals surface area contributed by atoms with Crippen LogP contribution in [0.25, 0.3) is 0 Å². The van der Waals surface area contributed by atoms with E-state index in [1.54, 1.807) is 7.11 Å². The standard InChI is InChI=1S/C18H24N2O/c1-5-10-19-18(15-7-6-14(3)20-12-15)17-9-8-16(21-4)11-13(17)2/h6-9,11-12,18-19H,5,10H2,1-4H3. The molecule has 1 heterocycles. The monoisotopic (exact) mass is 284 g/mol. The first-order valence-electron chi connectivity index (χ1n) is 7.46. The van der Waals surface area contributed by atoms with Crippen LogP contribution in [0.2, 0.25) is 0 Å². The molecule has 0 aliphatic carbocycles. The molecule has 1 atom stereocenters. The first kappa shape index (κ1) is 15.5. The summed E-state index contributed by atoms with van der Waals surface area (Å²) in [6.45, 7) is 7.29. The Balaban J connectivity index is 2.37. The predicted octanol–water partition coefficient (Wildman–Crippen LogP) is 3.80. The number of nitrogens with zero attached hydrogens (tertiary/aromatic N) is 1. The molecule has 2 rings (SSSR count). The highest BCUT2D eigenvalue weighted by Crippen LogP contribution is 2.27. The van der Waals surface area contributed by atoms with Crippen LogP contribution < -0.4 is 10.1 Å². The summed E-state index contributed by atoms with van der Waals surface area (Å²) in [5.41, 5.74) is 4.74. The van der Waals surface area contributed by atoms with Crippen molar-refractivity contribution >= 4 is 0 Å². The zero-order valence-corrected chi connectivity index (χ0v) is 13.3. The minimum atomic E-state index is 0.170. The van der Waals surface area contributed by atoms with Crippen molar-refractivity contribution in [3.63, 3.8) is 0 Å². The highest BCUT2D eigenvalue weighted by Gasteiger charge is 2.16. The topological polar surface area (TPSA) is 34.2 Å². The number of ether oxygens (including phenoxy) is 1. The molecule has 0 saturated carbocycles. The van der Waals surface area contributed by atoms with Crippen LogP contribution in [0.15, 0.2) is 36.5 Å². The van der Waals surface area contributed by atoms with E-state index in [1.807, 2.05) is 19.2 Å². The van der Waals surface area contributed by atoms with E-state index in [-0.39, 0.29) is 6.04 Å². The maximum atomic E-state index is 5.30. The van der Waals surface area contributed by atoms with Crippen molar-refractivity contribution < 1.29 is 4.74 Å². The first-order valence-corrected chi connectivity index (χ1v) is 7.46. The van der Waals surface area contributed by atoms with Gasteiger partial charge in [0.15, 0.2) is 0 Å². The molecule has 2 aromatic rings. The quantitative estimate of drug-likeness (QED) is 0.876. The van der Waals surface area contributed by atoms with Gasteiger partial charge in [0.1, 0.15) is 5.75 Å². The highest BCUT2D eigenvalue weighted by molar-refractivity contribution is 5.40. The Bertz CT molecular complexity index is 578. The number of pyridine rings is 1. The summed E-state index contributed by atoms with van der Waals surface area (Å²) in [6.07, 6.45) is 3.07. The Hall–Kier alpha value is -1.87. The molecule has 1 aromatic heterocycles. The largest absolute Gasteiger partial charge is 0.497 e. The van der Waals surface area contributed by atoms with Crippen molar-refractivity contribution in [2.24, 2.45) is 0 Å². The molecule has 0 saturated heterocycles. The molecule has 1 aromatic carbocycles. The minimum absolute atomic E-state index is 0.170. The van der Waals surface area contributed by atoms with E-state index in [9.17, 15) is 0 Å². The Morgan fingerprint density at radius 3 is 2.57 bits per heavy atom. The Morgan fingerprint density at radius 1 is 1.19 bits per heavy atom. The Morgan fingerprint density at radius 2 is 2.00 bits per heavy atom. The van der Waals surface area contributed by atoms with Crippen LogP contribution in [0.4, 0.5) is 0 Å². The van der Waals surface area contributed by atoms with Gasteiger partial charge < -0.3 is 10.1 Å². The van der Waals surface area contributed by atoms with Gasteiger partial charge in [-0.05, 0) is 61.7 Å². The Kier molecular flexibility index (Phi) is 5.34. The van der Waals surface area contributed by atoms with Crippen LogP contribution in [0.1, 0.15) is 41.8 Å². The van der Waals surface area contributed by atoms with Crippen LogP contribution in [0.5, 0.6) is 5.75 Å². The van der Waals surface area contributed by atoms with Crippen LogP contribution >= 0.6 is 0 Å². The number of hydrogen-bond acceptors (Lipinski definition) is 3. The lowest BCUT2D eigenvalue weighted by Crippen LogP contribution is -2.24. The second kappa shape index (κ2) is 7.23. The summed E-state index contributed by atoms with van der Waals surface area (Å²) < 4.78 is 5.30. The van der Waals surface area contributed by atoms with E-state index in [0.717, 1.165) is 24.4 Å². The smallest absolute Gasteiger partial charge is 0.119 e. The summed E-state index contributed by atoms with van der Waals surface area (Å²) in [4.78, 5) is 4.43. The number of benzene rings is 1. The van der Waals surface area contributed by atoms with Gasteiger partial charge in [0, 0.05) is 11.9 Å². The molecule has 0 aliphatic heterocycles. The van der Waals surface area contributed by atoms with E-state index in [4.69, 9.17) is 4.74 Å².